The fourth-order valence-corrected chi connectivity index (χ4v) is 4.17. The predicted molar refractivity (Wildman–Crippen MR) is 116 cm³/mol. The van der Waals surface area contributed by atoms with Crippen LogP contribution in [0.2, 0.25) is 0 Å². The summed E-state index contributed by atoms with van der Waals surface area (Å²) >= 11 is 0. The second kappa shape index (κ2) is 11.2. The summed E-state index contributed by atoms with van der Waals surface area (Å²) in [6.45, 7) is 9.14. The molecule has 0 bridgehead atoms. The average molecular weight is 371 g/mol. The largest absolute Gasteiger partial charge is 0.308 e. The van der Waals surface area contributed by atoms with Crippen molar-refractivity contribution in [3.05, 3.63) is 22.8 Å². The van der Waals surface area contributed by atoms with Gasteiger partial charge in [0.15, 0.2) is 0 Å². The van der Waals surface area contributed by atoms with Crippen LogP contribution in [0.15, 0.2) is 6.07 Å². The van der Waals surface area contributed by atoms with Gasteiger partial charge in [0.1, 0.15) is 11.0 Å². The van der Waals surface area contributed by atoms with E-state index < -0.39 is 0 Å². The predicted octanol–water partition coefficient (Wildman–Crippen LogP) is 6.47. The molecule has 2 atom stereocenters. The minimum Gasteiger partial charge on any atom is -0.308 e. The molecule has 27 heavy (non-hydrogen) atoms. The molecule has 0 aliphatic carbocycles. The molecule has 2 N–H and O–H groups in total. The smallest absolute Gasteiger partial charge is 0.122 e. The Kier molecular flexibility index (Phi) is 8.96. The SMILES string of the molecule is CCCCC(CC)Cc1cc2n[nH]nc2c(C=N)c1CC(CC)CCCC. The normalized spacial score (nSPS) is 13.8. The lowest BCUT2D eigenvalue weighted by Crippen LogP contribution is -2.12. The average Bonchev–Trinajstić information content (AvgIpc) is 3.16. The van der Waals surface area contributed by atoms with E-state index in [-0.39, 0.29) is 0 Å². The maximum absolute atomic E-state index is 8.07. The molecular formula is C23H38N4. The number of benzene rings is 1. The van der Waals surface area contributed by atoms with Crippen molar-refractivity contribution in [3.8, 4) is 0 Å². The zero-order valence-corrected chi connectivity index (χ0v) is 17.8. The van der Waals surface area contributed by atoms with Gasteiger partial charge >= 0.3 is 0 Å². The first-order chi connectivity index (χ1) is 13.2. The van der Waals surface area contributed by atoms with E-state index in [0.717, 1.165) is 29.4 Å². The van der Waals surface area contributed by atoms with Crippen molar-refractivity contribution in [2.75, 3.05) is 0 Å². The van der Waals surface area contributed by atoms with E-state index in [9.17, 15) is 0 Å². The van der Waals surface area contributed by atoms with Gasteiger partial charge in [0.25, 0.3) is 0 Å². The molecule has 2 unspecified atom stereocenters. The zero-order chi connectivity index (χ0) is 19.6. The quantitative estimate of drug-likeness (QED) is 0.397. The molecule has 2 rings (SSSR count). The summed E-state index contributed by atoms with van der Waals surface area (Å²) in [5.41, 5.74) is 5.49. The number of unbranched alkanes of at least 4 members (excludes halogenated alkanes) is 2. The lowest BCUT2D eigenvalue weighted by molar-refractivity contribution is 0.434. The van der Waals surface area contributed by atoms with Gasteiger partial charge in [0.05, 0.1) is 0 Å². The molecule has 150 valence electrons. The van der Waals surface area contributed by atoms with Crippen molar-refractivity contribution in [1.82, 2.24) is 15.4 Å². The third-order valence-corrected chi connectivity index (χ3v) is 6.09. The highest BCUT2D eigenvalue weighted by Crippen LogP contribution is 2.30. The summed E-state index contributed by atoms with van der Waals surface area (Å²) in [6, 6.07) is 2.24. The van der Waals surface area contributed by atoms with E-state index in [2.05, 4.69) is 49.2 Å². The summed E-state index contributed by atoms with van der Waals surface area (Å²) in [4.78, 5) is 0. The first-order valence-corrected chi connectivity index (χ1v) is 11.0. The van der Waals surface area contributed by atoms with Gasteiger partial charge in [-0.1, -0.05) is 79.1 Å². The molecule has 0 saturated heterocycles. The van der Waals surface area contributed by atoms with E-state index in [1.807, 2.05) is 0 Å². The van der Waals surface area contributed by atoms with Gasteiger partial charge in [-0.3, -0.25) is 0 Å². The number of rotatable bonds is 13. The van der Waals surface area contributed by atoms with Crippen LogP contribution in [0.25, 0.3) is 11.0 Å². The molecule has 2 aromatic rings. The molecule has 0 radical (unpaired) electrons. The number of nitrogens with zero attached hydrogens (tertiary/aromatic N) is 2. The first kappa shape index (κ1) is 21.6. The molecular weight excluding hydrogens is 332 g/mol. The van der Waals surface area contributed by atoms with Crippen LogP contribution in [0.4, 0.5) is 0 Å². The van der Waals surface area contributed by atoms with Gasteiger partial charge in [-0.05, 0) is 41.9 Å². The van der Waals surface area contributed by atoms with E-state index in [0.29, 0.717) is 11.8 Å². The Morgan fingerprint density at radius 2 is 1.59 bits per heavy atom. The molecule has 0 fully saturated rings. The Bertz CT molecular complexity index is 704. The number of hydrogen-bond donors (Lipinski definition) is 2. The second-order valence-electron chi connectivity index (χ2n) is 8.00. The van der Waals surface area contributed by atoms with Crippen molar-refractivity contribution in [3.63, 3.8) is 0 Å². The van der Waals surface area contributed by atoms with E-state index in [1.54, 1.807) is 0 Å². The number of aromatic amines is 1. The molecule has 1 aromatic heterocycles. The highest BCUT2D eigenvalue weighted by Gasteiger charge is 2.20. The van der Waals surface area contributed by atoms with Crippen molar-refractivity contribution in [2.45, 2.75) is 91.9 Å². The van der Waals surface area contributed by atoms with E-state index in [4.69, 9.17) is 5.41 Å². The molecule has 0 saturated carbocycles. The maximum Gasteiger partial charge on any atom is 0.122 e. The van der Waals surface area contributed by atoms with Crippen molar-refractivity contribution >= 4 is 17.2 Å². The van der Waals surface area contributed by atoms with Gasteiger partial charge in [-0.2, -0.15) is 15.4 Å². The van der Waals surface area contributed by atoms with Gasteiger partial charge in [0, 0.05) is 11.8 Å². The van der Waals surface area contributed by atoms with Crippen molar-refractivity contribution in [1.29, 1.82) is 5.41 Å². The fourth-order valence-electron chi connectivity index (χ4n) is 4.17. The Morgan fingerprint density at radius 3 is 2.15 bits per heavy atom. The summed E-state index contributed by atoms with van der Waals surface area (Å²) in [6.07, 6.45) is 13.7. The first-order valence-electron chi connectivity index (χ1n) is 11.0. The van der Waals surface area contributed by atoms with Gasteiger partial charge < -0.3 is 5.41 Å². The maximum atomic E-state index is 8.07. The molecule has 0 spiro atoms. The third kappa shape index (κ3) is 5.63. The van der Waals surface area contributed by atoms with Crippen LogP contribution >= 0.6 is 0 Å². The molecule has 0 aliphatic rings. The number of fused-ring (bicyclic) bond motifs is 1. The Labute approximate surface area is 165 Å². The van der Waals surface area contributed by atoms with Crippen molar-refractivity contribution in [2.24, 2.45) is 11.8 Å². The minimum atomic E-state index is 0.683. The number of aromatic nitrogens is 3. The topological polar surface area (TPSA) is 65.4 Å². The minimum absolute atomic E-state index is 0.683. The van der Waals surface area contributed by atoms with E-state index >= 15 is 0 Å². The highest BCUT2D eigenvalue weighted by atomic mass is 15.3. The molecule has 4 nitrogen and oxygen atoms in total. The summed E-state index contributed by atoms with van der Waals surface area (Å²) in [5.74, 6) is 1.39. The van der Waals surface area contributed by atoms with Crippen LogP contribution in [0.1, 0.15) is 95.8 Å². The Morgan fingerprint density at radius 1 is 0.963 bits per heavy atom. The van der Waals surface area contributed by atoms with Crippen LogP contribution in [-0.2, 0) is 12.8 Å². The van der Waals surface area contributed by atoms with Crippen LogP contribution in [0.5, 0.6) is 0 Å². The molecule has 0 aliphatic heterocycles. The van der Waals surface area contributed by atoms with Gasteiger partial charge in [-0.25, -0.2) is 0 Å². The second-order valence-corrected chi connectivity index (χ2v) is 8.00. The fraction of sp³-hybridized carbons (Fsp3) is 0.696. The Balaban J connectivity index is 2.41. The summed E-state index contributed by atoms with van der Waals surface area (Å²) in [5, 5.41) is 19.5. The lowest BCUT2D eigenvalue weighted by atomic mass is 9.83. The van der Waals surface area contributed by atoms with Crippen LogP contribution in [0, 0.1) is 17.2 Å². The molecule has 0 amide bonds. The number of hydrogen-bond acceptors (Lipinski definition) is 3. The van der Waals surface area contributed by atoms with Gasteiger partial charge in [-0.15, -0.1) is 0 Å². The van der Waals surface area contributed by atoms with Crippen LogP contribution in [-0.4, -0.2) is 21.6 Å². The van der Waals surface area contributed by atoms with Gasteiger partial charge in [0.2, 0.25) is 0 Å². The monoisotopic (exact) mass is 370 g/mol. The van der Waals surface area contributed by atoms with Crippen LogP contribution < -0.4 is 0 Å². The Hall–Kier alpha value is -1.71. The lowest BCUT2D eigenvalue weighted by Gasteiger charge is -2.22. The number of H-pyrrole nitrogens is 1. The summed E-state index contributed by atoms with van der Waals surface area (Å²) in [7, 11) is 0. The zero-order valence-electron chi connectivity index (χ0n) is 17.8. The third-order valence-electron chi connectivity index (χ3n) is 6.09. The molecule has 4 heteroatoms. The van der Waals surface area contributed by atoms with Crippen molar-refractivity contribution < 1.29 is 0 Å². The number of nitrogens with one attached hydrogen (secondary N) is 2. The highest BCUT2D eigenvalue weighted by molar-refractivity contribution is 5.97. The van der Waals surface area contributed by atoms with E-state index in [1.165, 1.54) is 68.7 Å². The summed E-state index contributed by atoms with van der Waals surface area (Å²) < 4.78 is 0. The standard InChI is InChI=1S/C23H38N4/c1-5-9-11-17(7-3)13-19-15-22-23(26-27-25-22)21(16-24)20(19)14-18(8-4)12-10-6-2/h15-18,24H,5-14H2,1-4H3,(H,25,26,27). The molecule has 1 aromatic carbocycles. The van der Waals surface area contributed by atoms with Crippen LogP contribution in [0.3, 0.4) is 0 Å². The molecule has 1 heterocycles.